The number of ether oxygens (including phenoxy) is 2. The molecule has 6 nitrogen and oxygen atoms in total. The van der Waals surface area contributed by atoms with Crippen LogP contribution in [0.5, 0.6) is 11.5 Å². The number of hydrogen-bond donors (Lipinski definition) is 1. The fraction of sp³-hybridized carbons (Fsp3) is 0.360. The van der Waals surface area contributed by atoms with Gasteiger partial charge in [0, 0.05) is 29.1 Å². The maximum atomic E-state index is 11.3. The standard InChI is InChI=1S/C25H25ClN2O4/c1-14(2)32-21-6-4-16(10-18(21)12-27)13-31-20-7-5-19-23(15(20)3)24(26)25-17(11-22(29)30)8-9-28(19)25/h4-7,10,14,17H,8-9,11,13H2,1-3H3,(H,29,30)/t17-/m1/s1. The van der Waals surface area contributed by atoms with Crippen LogP contribution in [0.3, 0.4) is 0 Å². The Hall–Kier alpha value is -3.17. The maximum Gasteiger partial charge on any atom is 0.304 e. The van der Waals surface area contributed by atoms with Gasteiger partial charge in [0.15, 0.2) is 0 Å². The van der Waals surface area contributed by atoms with Crippen molar-refractivity contribution in [2.24, 2.45) is 0 Å². The summed E-state index contributed by atoms with van der Waals surface area (Å²) in [7, 11) is 0. The third kappa shape index (κ3) is 4.01. The van der Waals surface area contributed by atoms with E-state index in [0.717, 1.165) is 40.7 Å². The Morgan fingerprint density at radius 2 is 2.06 bits per heavy atom. The molecule has 1 aliphatic heterocycles. The van der Waals surface area contributed by atoms with Gasteiger partial charge in [-0.25, -0.2) is 0 Å². The molecule has 32 heavy (non-hydrogen) atoms. The first-order chi connectivity index (χ1) is 15.3. The molecule has 4 rings (SSSR count). The first-order valence-electron chi connectivity index (χ1n) is 10.7. The van der Waals surface area contributed by atoms with Crippen LogP contribution < -0.4 is 9.47 Å². The van der Waals surface area contributed by atoms with Crippen molar-refractivity contribution in [3.63, 3.8) is 0 Å². The molecule has 0 aliphatic carbocycles. The molecular formula is C25H25ClN2O4. The number of halogens is 1. The molecule has 0 bridgehead atoms. The van der Waals surface area contributed by atoms with Crippen molar-refractivity contribution in [1.82, 2.24) is 4.57 Å². The van der Waals surface area contributed by atoms with E-state index in [0.29, 0.717) is 28.7 Å². The van der Waals surface area contributed by atoms with Gasteiger partial charge in [0.05, 0.1) is 28.6 Å². The van der Waals surface area contributed by atoms with Crippen molar-refractivity contribution in [2.45, 2.75) is 58.8 Å². The molecule has 0 fully saturated rings. The van der Waals surface area contributed by atoms with Crippen LogP contribution in [-0.2, 0) is 17.9 Å². The molecule has 3 aromatic rings. The Morgan fingerprint density at radius 1 is 1.31 bits per heavy atom. The van der Waals surface area contributed by atoms with Crippen LogP contribution in [0.2, 0.25) is 5.02 Å². The van der Waals surface area contributed by atoms with Crippen molar-refractivity contribution in [2.75, 3.05) is 0 Å². The number of carbonyl (C=O) groups is 1. The summed E-state index contributed by atoms with van der Waals surface area (Å²) >= 11 is 6.75. The lowest BCUT2D eigenvalue weighted by molar-refractivity contribution is -0.137. The number of nitrogens with zero attached hydrogens (tertiary/aromatic N) is 2. The van der Waals surface area contributed by atoms with Crippen molar-refractivity contribution in [1.29, 1.82) is 5.26 Å². The fourth-order valence-electron chi connectivity index (χ4n) is 4.46. The lowest BCUT2D eigenvalue weighted by Crippen LogP contribution is -2.07. The van der Waals surface area contributed by atoms with Crippen LogP contribution in [0.1, 0.15) is 55.0 Å². The van der Waals surface area contributed by atoms with Crippen LogP contribution in [-0.4, -0.2) is 21.7 Å². The molecule has 1 aliphatic rings. The number of rotatable bonds is 7. The van der Waals surface area contributed by atoms with Gasteiger partial charge in [-0.3, -0.25) is 4.79 Å². The Labute approximate surface area is 191 Å². The topological polar surface area (TPSA) is 84.5 Å². The second-order valence-corrected chi connectivity index (χ2v) is 8.79. The first kappa shape index (κ1) is 22.0. The smallest absolute Gasteiger partial charge is 0.304 e. The zero-order valence-electron chi connectivity index (χ0n) is 18.3. The zero-order valence-corrected chi connectivity index (χ0v) is 19.1. The summed E-state index contributed by atoms with van der Waals surface area (Å²) in [4.78, 5) is 11.3. The molecule has 0 radical (unpaired) electrons. The predicted molar refractivity (Wildman–Crippen MR) is 123 cm³/mol. The third-order valence-corrected chi connectivity index (χ3v) is 6.23. The molecule has 0 saturated carbocycles. The van der Waals surface area contributed by atoms with E-state index in [1.807, 2.05) is 39.0 Å². The fourth-order valence-corrected chi connectivity index (χ4v) is 4.95. The molecule has 166 valence electrons. The number of aliphatic carboxylic acids is 1. The van der Waals surface area contributed by atoms with Crippen molar-refractivity contribution >= 4 is 28.5 Å². The Morgan fingerprint density at radius 3 is 2.75 bits per heavy atom. The predicted octanol–water partition coefficient (Wildman–Crippen LogP) is 5.80. The molecular weight excluding hydrogens is 428 g/mol. The van der Waals surface area contributed by atoms with Gasteiger partial charge in [0.1, 0.15) is 24.2 Å². The van der Waals surface area contributed by atoms with Crippen LogP contribution >= 0.6 is 11.6 Å². The van der Waals surface area contributed by atoms with Gasteiger partial charge in [-0.2, -0.15) is 5.26 Å². The highest BCUT2D eigenvalue weighted by molar-refractivity contribution is 6.37. The second kappa shape index (κ2) is 8.76. The van der Waals surface area contributed by atoms with E-state index >= 15 is 0 Å². The Kier molecular flexibility index (Phi) is 6.03. The van der Waals surface area contributed by atoms with Gasteiger partial charge in [-0.05, 0) is 57.0 Å². The molecule has 1 N–H and O–H groups in total. The van der Waals surface area contributed by atoms with Crippen LogP contribution in [0.15, 0.2) is 30.3 Å². The summed E-state index contributed by atoms with van der Waals surface area (Å²) in [6.45, 7) is 6.87. The van der Waals surface area contributed by atoms with Gasteiger partial charge >= 0.3 is 5.97 Å². The maximum absolute atomic E-state index is 11.3. The average molecular weight is 453 g/mol. The third-order valence-electron chi connectivity index (χ3n) is 5.85. The molecule has 2 aromatic carbocycles. The lowest BCUT2D eigenvalue weighted by atomic mass is 9.99. The number of benzene rings is 2. The van der Waals surface area contributed by atoms with Crippen LogP contribution in [0.4, 0.5) is 0 Å². The summed E-state index contributed by atoms with van der Waals surface area (Å²) < 4.78 is 13.9. The van der Waals surface area contributed by atoms with Gasteiger partial charge < -0.3 is 19.1 Å². The van der Waals surface area contributed by atoms with Crippen molar-refractivity contribution < 1.29 is 19.4 Å². The summed E-state index contributed by atoms with van der Waals surface area (Å²) in [6.07, 6.45) is 0.852. The summed E-state index contributed by atoms with van der Waals surface area (Å²) in [5.41, 5.74) is 4.17. The molecule has 1 aromatic heterocycles. The number of nitriles is 1. The molecule has 0 unspecified atom stereocenters. The Bertz CT molecular complexity index is 1240. The van der Waals surface area contributed by atoms with E-state index in [4.69, 9.17) is 21.1 Å². The van der Waals surface area contributed by atoms with Crippen molar-refractivity contribution in [3.05, 3.63) is 57.7 Å². The summed E-state index contributed by atoms with van der Waals surface area (Å²) in [5.74, 6) is 0.383. The number of carboxylic acid groups (broad SMARTS) is 1. The number of aryl methyl sites for hydroxylation is 2. The summed E-state index contributed by atoms with van der Waals surface area (Å²) in [6, 6.07) is 11.6. The highest BCUT2D eigenvalue weighted by atomic mass is 35.5. The average Bonchev–Trinajstić information content (AvgIpc) is 3.27. The van der Waals surface area contributed by atoms with Gasteiger partial charge in [0.2, 0.25) is 0 Å². The van der Waals surface area contributed by atoms with Gasteiger partial charge in [-0.1, -0.05) is 17.7 Å². The molecule has 2 heterocycles. The molecule has 1 atom stereocenters. The molecule has 0 amide bonds. The quantitative estimate of drug-likeness (QED) is 0.489. The molecule has 0 spiro atoms. The minimum absolute atomic E-state index is 0.0116. The van der Waals surface area contributed by atoms with E-state index in [1.165, 1.54) is 0 Å². The number of aromatic nitrogens is 1. The van der Waals surface area contributed by atoms with E-state index < -0.39 is 5.97 Å². The van der Waals surface area contributed by atoms with Crippen LogP contribution in [0.25, 0.3) is 10.9 Å². The largest absolute Gasteiger partial charge is 0.490 e. The minimum atomic E-state index is -0.813. The Balaban J connectivity index is 1.60. The molecule has 0 saturated heterocycles. The first-order valence-corrected chi connectivity index (χ1v) is 11.0. The monoisotopic (exact) mass is 452 g/mol. The number of fused-ring (bicyclic) bond motifs is 3. The van der Waals surface area contributed by atoms with Gasteiger partial charge in [-0.15, -0.1) is 0 Å². The van der Waals surface area contributed by atoms with Crippen LogP contribution in [0, 0.1) is 18.3 Å². The van der Waals surface area contributed by atoms with E-state index in [2.05, 4.69) is 10.6 Å². The lowest BCUT2D eigenvalue weighted by Gasteiger charge is -2.14. The normalized spacial score (nSPS) is 15.1. The number of hydrogen-bond acceptors (Lipinski definition) is 4. The minimum Gasteiger partial charge on any atom is -0.490 e. The van der Waals surface area contributed by atoms with E-state index in [1.54, 1.807) is 12.1 Å². The summed E-state index contributed by atoms with van der Waals surface area (Å²) in [5, 5.41) is 20.2. The van der Waals surface area contributed by atoms with E-state index in [-0.39, 0.29) is 18.4 Å². The number of carboxylic acids is 1. The highest BCUT2D eigenvalue weighted by Crippen LogP contribution is 2.45. The van der Waals surface area contributed by atoms with Crippen molar-refractivity contribution in [3.8, 4) is 17.6 Å². The SMILES string of the molecule is Cc1c(OCc2ccc(OC(C)C)c(C#N)c2)ccc2c1c(Cl)c1n2CC[C@@H]1CC(=O)O. The van der Waals surface area contributed by atoms with E-state index in [9.17, 15) is 15.2 Å². The van der Waals surface area contributed by atoms with Gasteiger partial charge in [0.25, 0.3) is 0 Å². The zero-order chi connectivity index (χ0) is 23.0. The highest BCUT2D eigenvalue weighted by Gasteiger charge is 2.31. The molecule has 7 heteroatoms. The second-order valence-electron chi connectivity index (χ2n) is 8.41.